The van der Waals surface area contributed by atoms with E-state index < -0.39 is 5.92 Å². The number of nitriles is 1. The van der Waals surface area contributed by atoms with Crippen molar-refractivity contribution in [3.05, 3.63) is 0 Å². The van der Waals surface area contributed by atoms with Gasteiger partial charge in [0.2, 0.25) is 0 Å². The highest BCUT2D eigenvalue weighted by molar-refractivity contribution is 5.75. The third-order valence-corrected chi connectivity index (χ3v) is 1.86. The topological polar surface area (TPSA) is 50.1 Å². The smallest absolute Gasteiger partial charge is 0.323 e. The molecule has 0 aliphatic heterocycles. The summed E-state index contributed by atoms with van der Waals surface area (Å²) in [5, 5.41) is 8.59. The van der Waals surface area contributed by atoms with Gasteiger partial charge in [0.1, 0.15) is 5.92 Å². The van der Waals surface area contributed by atoms with Gasteiger partial charge in [-0.3, -0.25) is 4.79 Å². The van der Waals surface area contributed by atoms with Crippen LogP contribution in [0.2, 0.25) is 0 Å². The van der Waals surface area contributed by atoms with E-state index in [1.54, 1.807) is 6.92 Å². The Morgan fingerprint density at radius 3 is 2.54 bits per heavy atom. The number of rotatable bonds is 5. The Balaban J connectivity index is 3.92. The van der Waals surface area contributed by atoms with Crippen molar-refractivity contribution < 1.29 is 9.53 Å². The number of hydrogen-bond acceptors (Lipinski definition) is 3. The molecule has 0 aliphatic rings. The van der Waals surface area contributed by atoms with E-state index in [0.29, 0.717) is 6.42 Å². The van der Waals surface area contributed by atoms with Crippen LogP contribution in [-0.4, -0.2) is 12.1 Å². The summed E-state index contributed by atoms with van der Waals surface area (Å²) in [5.41, 5.74) is 0. The first kappa shape index (κ1) is 12.0. The van der Waals surface area contributed by atoms with Crippen molar-refractivity contribution in [3.63, 3.8) is 0 Å². The zero-order valence-corrected chi connectivity index (χ0v) is 8.54. The lowest BCUT2D eigenvalue weighted by Gasteiger charge is -2.13. The molecular formula is C10H17NO2. The van der Waals surface area contributed by atoms with E-state index >= 15 is 0 Å². The Morgan fingerprint density at radius 1 is 1.54 bits per heavy atom. The van der Waals surface area contributed by atoms with E-state index in [4.69, 9.17) is 10.00 Å². The summed E-state index contributed by atoms with van der Waals surface area (Å²) in [6.07, 6.45) is 2.29. The zero-order chi connectivity index (χ0) is 10.3. The molecule has 0 aromatic heterocycles. The van der Waals surface area contributed by atoms with Crippen LogP contribution in [-0.2, 0) is 9.53 Å². The van der Waals surface area contributed by atoms with Crippen LogP contribution < -0.4 is 0 Å². The summed E-state index contributed by atoms with van der Waals surface area (Å²) in [4.78, 5) is 11.2. The standard InChI is InChI=1S/C10H17NO2/c1-4-6-8(3)13-10(12)9(5-2)7-11/h8-9H,4-6H2,1-3H3. The Morgan fingerprint density at radius 2 is 2.15 bits per heavy atom. The number of esters is 1. The molecule has 0 radical (unpaired) electrons. The monoisotopic (exact) mass is 183 g/mol. The Hall–Kier alpha value is -1.04. The molecule has 2 atom stereocenters. The number of nitrogens with zero attached hydrogens (tertiary/aromatic N) is 1. The lowest BCUT2D eigenvalue weighted by atomic mass is 10.1. The van der Waals surface area contributed by atoms with Gasteiger partial charge < -0.3 is 4.74 Å². The molecule has 0 rings (SSSR count). The second kappa shape index (κ2) is 6.47. The molecule has 2 unspecified atom stereocenters. The summed E-state index contributed by atoms with van der Waals surface area (Å²) in [7, 11) is 0. The fraction of sp³-hybridized carbons (Fsp3) is 0.800. The van der Waals surface area contributed by atoms with Crippen LogP contribution in [0.5, 0.6) is 0 Å². The molecule has 0 fully saturated rings. The Bertz CT molecular complexity index is 196. The van der Waals surface area contributed by atoms with Crippen molar-refractivity contribution in [1.82, 2.24) is 0 Å². The van der Waals surface area contributed by atoms with Gasteiger partial charge in [-0.15, -0.1) is 0 Å². The quantitative estimate of drug-likeness (QED) is 0.614. The molecule has 0 aliphatic carbocycles. The van der Waals surface area contributed by atoms with E-state index in [1.165, 1.54) is 0 Å². The van der Waals surface area contributed by atoms with Crippen LogP contribution in [0.15, 0.2) is 0 Å². The molecule has 0 spiro atoms. The van der Waals surface area contributed by atoms with Gasteiger partial charge in [0.15, 0.2) is 0 Å². The molecule has 0 saturated heterocycles. The summed E-state index contributed by atoms with van der Waals surface area (Å²) in [5.74, 6) is -0.981. The van der Waals surface area contributed by atoms with E-state index in [1.807, 2.05) is 19.9 Å². The Kier molecular flexibility index (Phi) is 5.96. The van der Waals surface area contributed by atoms with Crippen molar-refractivity contribution >= 4 is 5.97 Å². The first-order valence-corrected chi connectivity index (χ1v) is 4.75. The highest BCUT2D eigenvalue weighted by Gasteiger charge is 2.18. The molecule has 3 nitrogen and oxygen atoms in total. The molecule has 0 saturated carbocycles. The van der Waals surface area contributed by atoms with Gasteiger partial charge in [-0.1, -0.05) is 20.3 Å². The maximum atomic E-state index is 11.2. The van der Waals surface area contributed by atoms with Crippen LogP contribution in [0, 0.1) is 17.2 Å². The minimum absolute atomic E-state index is 0.0695. The zero-order valence-electron chi connectivity index (χ0n) is 8.54. The van der Waals surface area contributed by atoms with Gasteiger partial charge in [0, 0.05) is 0 Å². The van der Waals surface area contributed by atoms with Crippen molar-refractivity contribution in [2.24, 2.45) is 5.92 Å². The number of carbonyl (C=O) groups is 1. The molecule has 3 heteroatoms. The maximum absolute atomic E-state index is 11.2. The van der Waals surface area contributed by atoms with E-state index in [0.717, 1.165) is 12.8 Å². The van der Waals surface area contributed by atoms with Crippen molar-refractivity contribution in [3.8, 4) is 6.07 Å². The summed E-state index contributed by atoms with van der Waals surface area (Å²) >= 11 is 0. The van der Waals surface area contributed by atoms with Crippen molar-refractivity contribution in [2.45, 2.75) is 46.1 Å². The fourth-order valence-electron chi connectivity index (χ4n) is 1.06. The Labute approximate surface area is 79.7 Å². The lowest BCUT2D eigenvalue weighted by molar-refractivity contribution is -0.151. The summed E-state index contributed by atoms with van der Waals surface area (Å²) < 4.78 is 5.07. The lowest BCUT2D eigenvalue weighted by Crippen LogP contribution is -2.21. The van der Waals surface area contributed by atoms with Crippen LogP contribution in [0.3, 0.4) is 0 Å². The predicted molar refractivity (Wildman–Crippen MR) is 49.9 cm³/mol. The summed E-state index contributed by atoms with van der Waals surface area (Å²) in [6.45, 7) is 5.69. The second-order valence-electron chi connectivity index (χ2n) is 3.13. The molecule has 0 aromatic rings. The predicted octanol–water partition coefficient (Wildman–Crippen LogP) is 2.27. The molecule has 0 N–H and O–H groups in total. The van der Waals surface area contributed by atoms with Crippen LogP contribution in [0.25, 0.3) is 0 Å². The van der Waals surface area contributed by atoms with Gasteiger partial charge in [0.25, 0.3) is 0 Å². The minimum Gasteiger partial charge on any atom is -0.462 e. The van der Waals surface area contributed by atoms with E-state index in [9.17, 15) is 4.79 Å². The number of carbonyl (C=O) groups excluding carboxylic acids is 1. The van der Waals surface area contributed by atoms with Crippen LogP contribution in [0.4, 0.5) is 0 Å². The van der Waals surface area contributed by atoms with E-state index in [2.05, 4.69) is 0 Å². The molecular weight excluding hydrogens is 166 g/mol. The van der Waals surface area contributed by atoms with Crippen molar-refractivity contribution in [2.75, 3.05) is 0 Å². The molecule has 0 amide bonds. The van der Waals surface area contributed by atoms with Gasteiger partial charge in [-0.05, 0) is 19.8 Å². The molecule has 74 valence electrons. The molecule has 13 heavy (non-hydrogen) atoms. The van der Waals surface area contributed by atoms with Gasteiger partial charge >= 0.3 is 5.97 Å². The minimum atomic E-state index is -0.598. The average Bonchev–Trinajstić information content (AvgIpc) is 2.06. The van der Waals surface area contributed by atoms with Gasteiger partial charge in [-0.2, -0.15) is 5.26 Å². The maximum Gasteiger partial charge on any atom is 0.323 e. The van der Waals surface area contributed by atoms with E-state index in [-0.39, 0.29) is 12.1 Å². The highest BCUT2D eigenvalue weighted by atomic mass is 16.5. The molecule has 0 heterocycles. The largest absolute Gasteiger partial charge is 0.462 e. The van der Waals surface area contributed by atoms with Gasteiger partial charge in [-0.25, -0.2) is 0 Å². The normalized spacial score (nSPS) is 14.3. The first-order chi connectivity index (χ1) is 6.15. The highest BCUT2D eigenvalue weighted by Crippen LogP contribution is 2.08. The summed E-state index contributed by atoms with van der Waals surface area (Å²) in [6, 6.07) is 1.92. The van der Waals surface area contributed by atoms with Crippen LogP contribution in [0.1, 0.15) is 40.0 Å². The third kappa shape index (κ3) is 4.51. The number of ether oxygens (including phenoxy) is 1. The molecule has 0 bridgehead atoms. The second-order valence-corrected chi connectivity index (χ2v) is 3.13. The number of hydrogen-bond donors (Lipinski definition) is 0. The average molecular weight is 183 g/mol. The third-order valence-electron chi connectivity index (χ3n) is 1.86. The SMILES string of the molecule is CCCC(C)OC(=O)C(C#N)CC. The van der Waals surface area contributed by atoms with Gasteiger partial charge in [0.05, 0.1) is 12.2 Å². The van der Waals surface area contributed by atoms with Crippen molar-refractivity contribution in [1.29, 1.82) is 5.26 Å². The molecule has 0 aromatic carbocycles. The first-order valence-electron chi connectivity index (χ1n) is 4.75. The fourth-order valence-corrected chi connectivity index (χ4v) is 1.06. The van der Waals surface area contributed by atoms with Crippen LogP contribution >= 0.6 is 0 Å².